The van der Waals surface area contributed by atoms with Crippen LogP contribution in [-0.4, -0.2) is 35.1 Å². The van der Waals surface area contributed by atoms with Gasteiger partial charge in [-0.25, -0.2) is 4.98 Å². The first-order valence-corrected chi connectivity index (χ1v) is 7.12. The SMILES string of the molecule is Cc1nccnc1N(CC1CCCCN1)C1CC1. The highest BCUT2D eigenvalue weighted by molar-refractivity contribution is 5.45. The summed E-state index contributed by atoms with van der Waals surface area (Å²) in [6.07, 6.45) is 10.2. The molecule has 2 aliphatic rings. The summed E-state index contributed by atoms with van der Waals surface area (Å²) in [5.74, 6) is 1.09. The summed E-state index contributed by atoms with van der Waals surface area (Å²) in [6, 6.07) is 1.32. The molecule has 1 unspecified atom stereocenters. The van der Waals surface area contributed by atoms with Crippen LogP contribution in [0.1, 0.15) is 37.8 Å². The second kappa shape index (κ2) is 5.22. The van der Waals surface area contributed by atoms with E-state index in [1.54, 1.807) is 6.20 Å². The van der Waals surface area contributed by atoms with Gasteiger partial charge in [0.2, 0.25) is 0 Å². The van der Waals surface area contributed by atoms with Crippen LogP contribution >= 0.6 is 0 Å². The molecular weight excluding hydrogens is 224 g/mol. The lowest BCUT2D eigenvalue weighted by Gasteiger charge is -2.32. The minimum atomic E-state index is 0.626. The number of nitrogens with one attached hydrogen (secondary N) is 1. The molecule has 1 saturated carbocycles. The van der Waals surface area contributed by atoms with Crippen molar-refractivity contribution in [3.8, 4) is 0 Å². The molecule has 1 saturated heterocycles. The first-order valence-electron chi connectivity index (χ1n) is 7.12. The van der Waals surface area contributed by atoms with Crippen molar-refractivity contribution in [2.75, 3.05) is 18.0 Å². The molecule has 98 valence electrons. The number of aryl methyl sites for hydroxylation is 1. The van der Waals surface area contributed by atoms with E-state index in [2.05, 4.69) is 27.1 Å². The molecule has 1 aromatic rings. The Morgan fingerprint density at radius 1 is 1.22 bits per heavy atom. The molecule has 4 nitrogen and oxygen atoms in total. The van der Waals surface area contributed by atoms with E-state index in [9.17, 15) is 0 Å². The van der Waals surface area contributed by atoms with E-state index >= 15 is 0 Å². The highest BCUT2D eigenvalue weighted by atomic mass is 15.3. The quantitative estimate of drug-likeness (QED) is 0.881. The van der Waals surface area contributed by atoms with Gasteiger partial charge in [0.15, 0.2) is 0 Å². The first-order chi connectivity index (χ1) is 8.84. The number of hydrogen-bond donors (Lipinski definition) is 1. The third kappa shape index (κ3) is 2.64. The number of rotatable bonds is 4. The molecule has 18 heavy (non-hydrogen) atoms. The first kappa shape index (κ1) is 11.9. The lowest BCUT2D eigenvalue weighted by atomic mass is 10.0. The molecular formula is C14H22N4. The van der Waals surface area contributed by atoms with Crippen molar-refractivity contribution in [2.24, 2.45) is 0 Å². The largest absolute Gasteiger partial charge is 0.351 e. The van der Waals surface area contributed by atoms with E-state index in [1.807, 2.05) is 6.20 Å². The average Bonchev–Trinajstić information content (AvgIpc) is 3.23. The number of aromatic nitrogens is 2. The summed E-state index contributed by atoms with van der Waals surface area (Å²) >= 11 is 0. The van der Waals surface area contributed by atoms with Crippen LogP contribution < -0.4 is 10.2 Å². The molecule has 1 aromatic heterocycles. The number of piperidine rings is 1. The van der Waals surface area contributed by atoms with Crippen LogP contribution in [0, 0.1) is 6.92 Å². The normalized spacial score (nSPS) is 23.9. The van der Waals surface area contributed by atoms with Gasteiger partial charge in [-0.3, -0.25) is 4.98 Å². The van der Waals surface area contributed by atoms with Gasteiger partial charge >= 0.3 is 0 Å². The molecule has 4 heteroatoms. The number of nitrogens with zero attached hydrogens (tertiary/aromatic N) is 3. The zero-order chi connectivity index (χ0) is 12.4. The predicted octanol–water partition coefficient (Wildman–Crippen LogP) is 1.90. The Hall–Kier alpha value is -1.16. The van der Waals surface area contributed by atoms with E-state index in [4.69, 9.17) is 0 Å². The zero-order valence-electron chi connectivity index (χ0n) is 11.1. The van der Waals surface area contributed by atoms with Gasteiger partial charge in [-0.1, -0.05) is 6.42 Å². The highest BCUT2D eigenvalue weighted by Gasteiger charge is 2.32. The molecule has 2 fully saturated rings. The smallest absolute Gasteiger partial charge is 0.150 e. The fraction of sp³-hybridized carbons (Fsp3) is 0.714. The molecule has 0 amide bonds. The van der Waals surface area contributed by atoms with Gasteiger partial charge in [-0.05, 0) is 39.2 Å². The van der Waals surface area contributed by atoms with Crippen molar-refractivity contribution in [1.82, 2.24) is 15.3 Å². The van der Waals surface area contributed by atoms with Crippen LogP contribution in [0.25, 0.3) is 0 Å². The minimum absolute atomic E-state index is 0.626. The van der Waals surface area contributed by atoms with E-state index in [0.29, 0.717) is 12.1 Å². The van der Waals surface area contributed by atoms with Crippen LogP contribution in [0.3, 0.4) is 0 Å². The van der Waals surface area contributed by atoms with Crippen molar-refractivity contribution in [1.29, 1.82) is 0 Å². The molecule has 1 aliphatic carbocycles. The van der Waals surface area contributed by atoms with Crippen molar-refractivity contribution < 1.29 is 0 Å². The summed E-state index contributed by atoms with van der Waals surface area (Å²) < 4.78 is 0. The third-order valence-corrected chi connectivity index (χ3v) is 3.94. The van der Waals surface area contributed by atoms with Gasteiger partial charge in [0.25, 0.3) is 0 Å². The summed E-state index contributed by atoms with van der Waals surface area (Å²) in [5, 5.41) is 3.63. The monoisotopic (exact) mass is 246 g/mol. The van der Waals surface area contributed by atoms with Gasteiger partial charge in [0, 0.05) is 31.0 Å². The molecule has 0 radical (unpaired) electrons. The van der Waals surface area contributed by atoms with Gasteiger partial charge in [-0.15, -0.1) is 0 Å². The van der Waals surface area contributed by atoms with Gasteiger partial charge in [-0.2, -0.15) is 0 Å². The molecule has 2 heterocycles. The second-order valence-corrected chi connectivity index (χ2v) is 5.50. The van der Waals surface area contributed by atoms with Crippen LogP contribution in [0.4, 0.5) is 5.82 Å². The van der Waals surface area contributed by atoms with Gasteiger partial charge < -0.3 is 10.2 Å². The standard InChI is InChI=1S/C14H22N4/c1-11-14(17-9-8-15-11)18(13-5-6-13)10-12-4-2-3-7-16-12/h8-9,12-13,16H,2-7,10H2,1H3. The van der Waals surface area contributed by atoms with E-state index in [0.717, 1.165) is 18.1 Å². The Bertz CT molecular complexity index is 397. The van der Waals surface area contributed by atoms with Crippen molar-refractivity contribution in [3.05, 3.63) is 18.1 Å². The Morgan fingerprint density at radius 3 is 2.72 bits per heavy atom. The molecule has 0 aromatic carbocycles. The summed E-state index contributed by atoms with van der Waals surface area (Å²) in [6.45, 7) is 4.32. The summed E-state index contributed by atoms with van der Waals surface area (Å²) in [4.78, 5) is 11.4. The van der Waals surface area contributed by atoms with Crippen LogP contribution in [0.15, 0.2) is 12.4 Å². The minimum Gasteiger partial charge on any atom is -0.351 e. The highest BCUT2D eigenvalue weighted by Crippen LogP contribution is 2.32. The molecule has 3 rings (SSSR count). The summed E-state index contributed by atoms with van der Waals surface area (Å²) in [5.41, 5.74) is 1.06. The van der Waals surface area contributed by atoms with Crippen molar-refractivity contribution in [2.45, 2.75) is 51.1 Å². The second-order valence-electron chi connectivity index (χ2n) is 5.50. The Morgan fingerprint density at radius 2 is 2.06 bits per heavy atom. The van der Waals surface area contributed by atoms with Crippen molar-refractivity contribution >= 4 is 5.82 Å². The third-order valence-electron chi connectivity index (χ3n) is 3.94. The lowest BCUT2D eigenvalue weighted by molar-refractivity contribution is 0.397. The van der Waals surface area contributed by atoms with Gasteiger partial charge in [0.1, 0.15) is 5.82 Å². The maximum atomic E-state index is 4.54. The van der Waals surface area contributed by atoms with E-state index in [1.165, 1.54) is 38.6 Å². The number of hydrogen-bond acceptors (Lipinski definition) is 4. The predicted molar refractivity (Wildman–Crippen MR) is 72.8 cm³/mol. The van der Waals surface area contributed by atoms with Crippen LogP contribution in [0.2, 0.25) is 0 Å². The zero-order valence-corrected chi connectivity index (χ0v) is 11.1. The Kier molecular flexibility index (Phi) is 3.46. The fourth-order valence-electron chi connectivity index (χ4n) is 2.79. The topological polar surface area (TPSA) is 41.1 Å². The van der Waals surface area contributed by atoms with Gasteiger partial charge in [0.05, 0.1) is 5.69 Å². The fourth-order valence-corrected chi connectivity index (χ4v) is 2.79. The maximum Gasteiger partial charge on any atom is 0.150 e. The number of anilines is 1. The molecule has 1 N–H and O–H groups in total. The molecule has 0 spiro atoms. The molecule has 1 aliphatic heterocycles. The van der Waals surface area contributed by atoms with Crippen LogP contribution in [0.5, 0.6) is 0 Å². The Balaban J connectivity index is 1.73. The summed E-state index contributed by atoms with van der Waals surface area (Å²) in [7, 11) is 0. The van der Waals surface area contributed by atoms with Crippen molar-refractivity contribution in [3.63, 3.8) is 0 Å². The lowest BCUT2D eigenvalue weighted by Crippen LogP contribution is -2.45. The van der Waals surface area contributed by atoms with E-state index < -0.39 is 0 Å². The Labute approximate surface area is 109 Å². The van der Waals surface area contributed by atoms with E-state index in [-0.39, 0.29) is 0 Å². The molecule has 1 atom stereocenters. The van der Waals surface area contributed by atoms with Crippen LogP contribution in [-0.2, 0) is 0 Å². The maximum absolute atomic E-state index is 4.54. The molecule has 0 bridgehead atoms. The average molecular weight is 246 g/mol.